The van der Waals surface area contributed by atoms with Gasteiger partial charge in [-0.25, -0.2) is 4.98 Å². The maximum atomic E-state index is 4.49. The van der Waals surface area contributed by atoms with Crippen LogP contribution in [0.3, 0.4) is 0 Å². The van der Waals surface area contributed by atoms with E-state index in [2.05, 4.69) is 27.1 Å². The van der Waals surface area contributed by atoms with Crippen LogP contribution < -0.4 is 10.2 Å². The molecule has 1 atom stereocenters. The smallest absolute Gasteiger partial charge is 0.226 e. The zero-order chi connectivity index (χ0) is 13.7. The molecule has 0 radical (unpaired) electrons. The van der Waals surface area contributed by atoms with Gasteiger partial charge in [-0.2, -0.15) is 4.98 Å². The Morgan fingerprint density at radius 3 is 2.74 bits per heavy atom. The zero-order valence-electron chi connectivity index (χ0n) is 12.3. The third kappa shape index (κ3) is 4.35. The summed E-state index contributed by atoms with van der Waals surface area (Å²) in [5.41, 5.74) is 0. The van der Waals surface area contributed by atoms with Crippen LogP contribution >= 0.6 is 0 Å². The third-order valence-electron chi connectivity index (χ3n) is 3.42. The van der Waals surface area contributed by atoms with Crippen LogP contribution in [0.25, 0.3) is 0 Å². The minimum atomic E-state index is 0.406. The fraction of sp³-hybridized carbons (Fsp3) is 0.714. The number of hydrogen-bond donors (Lipinski definition) is 1. The lowest BCUT2D eigenvalue weighted by Crippen LogP contribution is -2.38. The van der Waals surface area contributed by atoms with Crippen molar-refractivity contribution in [3.63, 3.8) is 0 Å². The summed E-state index contributed by atoms with van der Waals surface area (Å²) >= 11 is 0. The van der Waals surface area contributed by atoms with Crippen molar-refractivity contribution >= 4 is 11.8 Å². The number of piperidine rings is 1. The van der Waals surface area contributed by atoms with Crippen molar-refractivity contribution in [2.24, 2.45) is 0 Å². The molecule has 1 aromatic rings. The van der Waals surface area contributed by atoms with E-state index in [0.717, 1.165) is 18.3 Å². The highest BCUT2D eigenvalue weighted by Gasteiger charge is 2.13. The average molecular weight is 263 g/mol. The molecule has 1 aliphatic heterocycles. The lowest BCUT2D eigenvalue weighted by atomic mass is 10.1. The van der Waals surface area contributed by atoms with E-state index in [4.69, 9.17) is 0 Å². The van der Waals surface area contributed by atoms with Gasteiger partial charge in [0.05, 0.1) is 0 Å². The molecule has 0 aliphatic carbocycles. The van der Waals surface area contributed by atoms with Crippen molar-refractivity contribution in [2.75, 3.05) is 43.9 Å². The van der Waals surface area contributed by atoms with Gasteiger partial charge in [0.25, 0.3) is 0 Å². The van der Waals surface area contributed by atoms with Crippen molar-refractivity contribution in [1.82, 2.24) is 14.9 Å². The summed E-state index contributed by atoms with van der Waals surface area (Å²) in [7, 11) is 3.91. The van der Waals surface area contributed by atoms with Gasteiger partial charge in [0, 0.05) is 32.9 Å². The third-order valence-corrected chi connectivity index (χ3v) is 3.42. The van der Waals surface area contributed by atoms with E-state index >= 15 is 0 Å². The van der Waals surface area contributed by atoms with Crippen LogP contribution in [0.5, 0.6) is 0 Å². The standard InChI is InChI=1S/C14H25N5/c1-12(11-19-9-5-4-6-10-19)16-13-7-8-15-14(17-13)18(2)3/h7-8,12H,4-6,9-11H2,1-3H3,(H,15,16,17). The fourth-order valence-corrected chi connectivity index (χ4v) is 2.47. The first-order valence-corrected chi connectivity index (χ1v) is 7.14. The molecule has 106 valence electrons. The number of nitrogens with one attached hydrogen (secondary N) is 1. The lowest BCUT2D eigenvalue weighted by Gasteiger charge is -2.29. The van der Waals surface area contributed by atoms with Crippen molar-refractivity contribution < 1.29 is 0 Å². The molecule has 0 bridgehead atoms. The first-order valence-electron chi connectivity index (χ1n) is 7.14. The van der Waals surface area contributed by atoms with Crippen LogP contribution in [0.15, 0.2) is 12.3 Å². The van der Waals surface area contributed by atoms with Crippen LogP contribution in [-0.4, -0.2) is 54.6 Å². The molecule has 2 heterocycles. The van der Waals surface area contributed by atoms with E-state index in [1.54, 1.807) is 6.20 Å². The summed E-state index contributed by atoms with van der Waals surface area (Å²) in [6, 6.07) is 2.34. The summed E-state index contributed by atoms with van der Waals surface area (Å²) in [6.45, 7) is 5.77. The monoisotopic (exact) mass is 263 g/mol. The molecule has 19 heavy (non-hydrogen) atoms. The van der Waals surface area contributed by atoms with E-state index < -0.39 is 0 Å². The van der Waals surface area contributed by atoms with Crippen LogP contribution in [0.1, 0.15) is 26.2 Å². The number of likely N-dealkylation sites (tertiary alicyclic amines) is 1. The van der Waals surface area contributed by atoms with Crippen molar-refractivity contribution in [1.29, 1.82) is 0 Å². The Morgan fingerprint density at radius 1 is 1.32 bits per heavy atom. The van der Waals surface area contributed by atoms with Crippen LogP contribution in [0, 0.1) is 0 Å². The molecule has 1 saturated heterocycles. The van der Waals surface area contributed by atoms with Gasteiger partial charge in [-0.05, 0) is 38.9 Å². The van der Waals surface area contributed by atoms with Gasteiger partial charge in [0.2, 0.25) is 5.95 Å². The summed E-state index contributed by atoms with van der Waals surface area (Å²) in [4.78, 5) is 13.2. The molecule has 1 unspecified atom stereocenters. The highest BCUT2D eigenvalue weighted by atomic mass is 15.2. The summed E-state index contributed by atoms with van der Waals surface area (Å²) in [5, 5.41) is 3.46. The Labute approximate surface area is 116 Å². The van der Waals surface area contributed by atoms with Crippen LogP contribution in [0.2, 0.25) is 0 Å². The first-order chi connectivity index (χ1) is 9.15. The zero-order valence-corrected chi connectivity index (χ0v) is 12.3. The lowest BCUT2D eigenvalue weighted by molar-refractivity contribution is 0.223. The van der Waals surface area contributed by atoms with E-state index in [1.165, 1.54) is 32.4 Å². The van der Waals surface area contributed by atoms with Gasteiger partial charge in [-0.3, -0.25) is 0 Å². The van der Waals surface area contributed by atoms with Gasteiger partial charge < -0.3 is 15.1 Å². The molecule has 5 heteroatoms. The highest BCUT2D eigenvalue weighted by Crippen LogP contribution is 2.12. The highest BCUT2D eigenvalue weighted by molar-refractivity contribution is 5.40. The molecule has 2 rings (SSSR count). The molecule has 1 fully saturated rings. The summed E-state index contributed by atoms with van der Waals surface area (Å²) in [5.74, 6) is 1.65. The fourth-order valence-electron chi connectivity index (χ4n) is 2.47. The van der Waals surface area contributed by atoms with Gasteiger partial charge in [-0.15, -0.1) is 0 Å². The molecule has 1 N–H and O–H groups in total. The molecule has 1 aromatic heterocycles. The summed E-state index contributed by atoms with van der Waals surface area (Å²) in [6.07, 6.45) is 5.87. The maximum Gasteiger partial charge on any atom is 0.226 e. The Morgan fingerprint density at radius 2 is 2.05 bits per heavy atom. The normalized spacial score (nSPS) is 18.1. The Bertz CT molecular complexity index is 387. The van der Waals surface area contributed by atoms with Gasteiger partial charge in [-0.1, -0.05) is 6.42 Å². The largest absolute Gasteiger partial charge is 0.366 e. The van der Waals surface area contributed by atoms with E-state index in [-0.39, 0.29) is 0 Å². The van der Waals surface area contributed by atoms with E-state index in [9.17, 15) is 0 Å². The molecule has 5 nitrogen and oxygen atoms in total. The van der Waals surface area contributed by atoms with Crippen LogP contribution in [-0.2, 0) is 0 Å². The van der Waals surface area contributed by atoms with Crippen molar-refractivity contribution in [3.8, 4) is 0 Å². The molecular weight excluding hydrogens is 238 g/mol. The molecule has 0 amide bonds. The quantitative estimate of drug-likeness (QED) is 0.878. The predicted octanol–water partition coefficient (Wildman–Crippen LogP) is 1.83. The minimum Gasteiger partial charge on any atom is -0.366 e. The molecular formula is C14H25N5. The Kier molecular flexibility index (Phi) is 4.96. The number of nitrogens with zero attached hydrogens (tertiary/aromatic N) is 4. The molecule has 0 spiro atoms. The van der Waals surface area contributed by atoms with Crippen LogP contribution in [0.4, 0.5) is 11.8 Å². The molecule has 0 aromatic carbocycles. The van der Waals surface area contributed by atoms with Crippen molar-refractivity contribution in [3.05, 3.63) is 12.3 Å². The van der Waals surface area contributed by atoms with E-state index in [1.807, 2.05) is 25.1 Å². The summed E-state index contributed by atoms with van der Waals surface area (Å²) < 4.78 is 0. The number of anilines is 2. The second kappa shape index (κ2) is 6.70. The van der Waals surface area contributed by atoms with Crippen molar-refractivity contribution in [2.45, 2.75) is 32.2 Å². The Balaban J connectivity index is 1.87. The number of rotatable bonds is 5. The second-order valence-electron chi connectivity index (χ2n) is 5.54. The van der Waals surface area contributed by atoms with Gasteiger partial charge >= 0.3 is 0 Å². The van der Waals surface area contributed by atoms with Gasteiger partial charge in [0.1, 0.15) is 5.82 Å². The first kappa shape index (κ1) is 14.1. The number of hydrogen-bond acceptors (Lipinski definition) is 5. The SMILES string of the molecule is CC(CN1CCCCC1)Nc1ccnc(N(C)C)n1. The Hall–Kier alpha value is -1.36. The topological polar surface area (TPSA) is 44.3 Å². The molecule has 0 saturated carbocycles. The molecule has 1 aliphatic rings. The van der Waals surface area contributed by atoms with E-state index in [0.29, 0.717) is 6.04 Å². The minimum absolute atomic E-state index is 0.406. The maximum absolute atomic E-state index is 4.49. The second-order valence-corrected chi connectivity index (χ2v) is 5.54. The predicted molar refractivity (Wildman–Crippen MR) is 79.7 cm³/mol. The number of aromatic nitrogens is 2. The average Bonchev–Trinajstić information content (AvgIpc) is 2.40. The van der Waals surface area contributed by atoms with Gasteiger partial charge in [0.15, 0.2) is 0 Å².